The molecular weight excluding hydrogens is 360 g/mol. The van der Waals surface area contributed by atoms with Gasteiger partial charge in [-0.05, 0) is 56.5 Å². The standard InChI is InChI=1S/C21H23ClN4O/c1-14-9-10-18(17(22)12-14)24-21(27)25-11-5-6-16(25)13-26-15(2)23-19-7-3-4-8-20(19)26/h3-4,7-10,12,16H,5-6,11,13H2,1-2H3,(H,24,27)/t16-/m0/s1. The minimum Gasteiger partial charge on any atom is -0.326 e. The number of fused-ring (bicyclic) bond motifs is 1. The smallest absolute Gasteiger partial charge is 0.322 e. The summed E-state index contributed by atoms with van der Waals surface area (Å²) in [7, 11) is 0. The summed E-state index contributed by atoms with van der Waals surface area (Å²) in [6, 6.07) is 13.9. The van der Waals surface area contributed by atoms with Crippen LogP contribution < -0.4 is 5.32 Å². The van der Waals surface area contributed by atoms with Crippen molar-refractivity contribution in [2.24, 2.45) is 0 Å². The quantitative estimate of drug-likeness (QED) is 0.692. The minimum absolute atomic E-state index is 0.0923. The first-order valence-corrected chi connectivity index (χ1v) is 9.66. The van der Waals surface area contributed by atoms with Gasteiger partial charge in [-0.3, -0.25) is 0 Å². The van der Waals surface area contributed by atoms with Crippen molar-refractivity contribution >= 4 is 34.4 Å². The van der Waals surface area contributed by atoms with E-state index in [9.17, 15) is 4.79 Å². The van der Waals surface area contributed by atoms with Crippen molar-refractivity contribution in [3.05, 3.63) is 58.9 Å². The van der Waals surface area contributed by atoms with Crippen molar-refractivity contribution in [3.63, 3.8) is 0 Å². The molecule has 3 aromatic rings. The minimum atomic E-state index is -0.0923. The van der Waals surface area contributed by atoms with Crippen LogP contribution in [0.15, 0.2) is 42.5 Å². The van der Waals surface area contributed by atoms with E-state index in [-0.39, 0.29) is 12.1 Å². The Labute approximate surface area is 163 Å². The predicted octanol–water partition coefficient (Wildman–Crippen LogP) is 5.00. The number of urea groups is 1. The Morgan fingerprint density at radius 1 is 1.26 bits per heavy atom. The van der Waals surface area contributed by atoms with Gasteiger partial charge in [-0.15, -0.1) is 0 Å². The van der Waals surface area contributed by atoms with Crippen LogP contribution in [0.4, 0.5) is 10.5 Å². The number of hydrogen-bond donors (Lipinski definition) is 1. The zero-order valence-electron chi connectivity index (χ0n) is 15.6. The Morgan fingerprint density at radius 2 is 2.07 bits per heavy atom. The maximum Gasteiger partial charge on any atom is 0.322 e. The number of halogens is 1. The Morgan fingerprint density at radius 3 is 2.89 bits per heavy atom. The summed E-state index contributed by atoms with van der Waals surface area (Å²) in [6.07, 6.45) is 1.99. The van der Waals surface area contributed by atoms with Gasteiger partial charge in [0.25, 0.3) is 0 Å². The zero-order valence-corrected chi connectivity index (χ0v) is 16.3. The lowest BCUT2D eigenvalue weighted by molar-refractivity contribution is 0.201. The molecule has 0 bridgehead atoms. The first-order valence-electron chi connectivity index (χ1n) is 9.28. The van der Waals surface area contributed by atoms with E-state index < -0.39 is 0 Å². The number of aromatic nitrogens is 2. The van der Waals surface area contributed by atoms with Crippen LogP contribution in [0, 0.1) is 13.8 Å². The van der Waals surface area contributed by atoms with Gasteiger partial charge in [-0.2, -0.15) is 0 Å². The van der Waals surface area contributed by atoms with Gasteiger partial charge in [0, 0.05) is 13.1 Å². The van der Waals surface area contributed by atoms with E-state index in [0.717, 1.165) is 48.4 Å². The SMILES string of the molecule is Cc1ccc(NC(=O)N2CCC[C@H]2Cn2c(C)nc3ccccc32)c(Cl)c1. The number of rotatable bonds is 3. The number of carbonyl (C=O) groups is 1. The van der Waals surface area contributed by atoms with Gasteiger partial charge in [0.15, 0.2) is 0 Å². The fourth-order valence-corrected chi connectivity index (χ4v) is 4.12. The number of amides is 2. The van der Waals surface area contributed by atoms with Crippen LogP contribution >= 0.6 is 11.6 Å². The second kappa shape index (κ2) is 7.24. The molecule has 4 rings (SSSR count). The summed E-state index contributed by atoms with van der Waals surface area (Å²) in [5.74, 6) is 0.977. The molecule has 0 unspecified atom stereocenters. The highest BCUT2D eigenvalue weighted by molar-refractivity contribution is 6.33. The van der Waals surface area contributed by atoms with Crippen LogP contribution in [0.1, 0.15) is 24.2 Å². The number of hydrogen-bond acceptors (Lipinski definition) is 2. The molecule has 1 fully saturated rings. The van der Waals surface area contributed by atoms with Crippen LogP contribution in [-0.2, 0) is 6.54 Å². The summed E-state index contributed by atoms with van der Waals surface area (Å²) in [4.78, 5) is 19.4. The normalized spacial score (nSPS) is 16.9. The fourth-order valence-electron chi connectivity index (χ4n) is 3.84. The van der Waals surface area contributed by atoms with Crippen molar-refractivity contribution < 1.29 is 4.79 Å². The van der Waals surface area contributed by atoms with Crippen LogP contribution in [0.25, 0.3) is 11.0 Å². The molecule has 2 heterocycles. The van der Waals surface area contributed by atoms with Gasteiger partial charge >= 0.3 is 6.03 Å². The highest BCUT2D eigenvalue weighted by Gasteiger charge is 2.30. The molecule has 2 aromatic carbocycles. The van der Waals surface area contributed by atoms with Gasteiger partial charge in [-0.1, -0.05) is 29.8 Å². The number of nitrogens with zero attached hydrogens (tertiary/aromatic N) is 3. The molecule has 1 aromatic heterocycles. The highest BCUT2D eigenvalue weighted by Crippen LogP contribution is 2.26. The lowest BCUT2D eigenvalue weighted by Gasteiger charge is -2.26. The summed E-state index contributed by atoms with van der Waals surface area (Å²) in [6.45, 7) is 5.50. The molecule has 1 N–H and O–H groups in total. The third-order valence-electron chi connectivity index (χ3n) is 5.24. The van der Waals surface area contributed by atoms with Crippen LogP contribution in [0.2, 0.25) is 5.02 Å². The second-order valence-corrected chi connectivity index (χ2v) is 7.57. The number of nitrogens with one attached hydrogen (secondary N) is 1. The molecule has 27 heavy (non-hydrogen) atoms. The van der Waals surface area contributed by atoms with E-state index in [1.54, 1.807) is 0 Å². The molecule has 0 spiro atoms. The number of anilines is 1. The summed E-state index contributed by atoms with van der Waals surface area (Å²) in [5, 5.41) is 3.54. The van der Waals surface area contributed by atoms with Gasteiger partial charge in [-0.25, -0.2) is 9.78 Å². The molecule has 1 aliphatic heterocycles. The van der Waals surface area contributed by atoms with E-state index in [1.807, 2.05) is 55.1 Å². The summed E-state index contributed by atoms with van der Waals surface area (Å²) in [5.41, 5.74) is 3.83. The largest absolute Gasteiger partial charge is 0.326 e. The van der Waals surface area contributed by atoms with Crippen molar-refractivity contribution in [2.75, 3.05) is 11.9 Å². The maximum atomic E-state index is 12.9. The van der Waals surface area contributed by atoms with E-state index in [2.05, 4.69) is 20.9 Å². The molecule has 2 amide bonds. The Hall–Kier alpha value is -2.53. The average molecular weight is 383 g/mol. The number of imidazole rings is 1. The monoisotopic (exact) mass is 382 g/mol. The number of carbonyl (C=O) groups excluding carboxylic acids is 1. The van der Waals surface area contributed by atoms with Crippen molar-refractivity contribution in [3.8, 4) is 0 Å². The third-order valence-corrected chi connectivity index (χ3v) is 5.56. The number of aryl methyl sites for hydroxylation is 2. The third kappa shape index (κ3) is 3.52. The molecule has 0 radical (unpaired) electrons. The molecule has 0 aliphatic carbocycles. The van der Waals surface area contributed by atoms with Crippen molar-refractivity contribution in [1.82, 2.24) is 14.5 Å². The summed E-state index contributed by atoms with van der Waals surface area (Å²) < 4.78 is 2.21. The lowest BCUT2D eigenvalue weighted by Crippen LogP contribution is -2.41. The van der Waals surface area contributed by atoms with Gasteiger partial charge in [0.2, 0.25) is 0 Å². The molecule has 1 saturated heterocycles. The fraction of sp³-hybridized carbons (Fsp3) is 0.333. The molecule has 5 nitrogen and oxygen atoms in total. The Kier molecular flexibility index (Phi) is 4.79. The topological polar surface area (TPSA) is 50.2 Å². The molecule has 1 atom stereocenters. The molecule has 1 aliphatic rings. The summed E-state index contributed by atoms with van der Waals surface area (Å²) >= 11 is 6.27. The van der Waals surface area contributed by atoms with Gasteiger partial charge < -0.3 is 14.8 Å². The van der Waals surface area contributed by atoms with E-state index >= 15 is 0 Å². The van der Waals surface area contributed by atoms with Crippen LogP contribution in [0.3, 0.4) is 0 Å². The van der Waals surface area contributed by atoms with E-state index in [4.69, 9.17) is 11.6 Å². The van der Waals surface area contributed by atoms with Crippen molar-refractivity contribution in [1.29, 1.82) is 0 Å². The van der Waals surface area contributed by atoms with Crippen LogP contribution in [0.5, 0.6) is 0 Å². The zero-order chi connectivity index (χ0) is 19.0. The van der Waals surface area contributed by atoms with Gasteiger partial charge in [0.05, 0.1) is 27.8 Å². The van der Waals surface area contributed by atoms with Gasteiger partial charge in [0.1, 0.15) is 5.82 Å². The molecule has 0 saturated carbocycles. The number of benzene rings is 2. The van der Waals surface area contributed by atoms with Crippen LogP contribution in [-0.4, -0.2) is 33.1 Å². The first kappa shape index (κ1) is 17.9. The molecule has 6 heteroatoms. The number of likely N-dealkylation sites (tertiary alicyclic amines) is 1. The number of para-hydroxylation sites is 2. The second-order valence-electron chi connectivity index (χ2n) is 7.16. The lowest BCUT2D eigenvalue weighted by atomic mass is 10.2. The Bertz CT molecular complexity index is 997. The maximum absolute atomic E-state index is 12.9. The molecule has 140 valence electrons. The first-order chi connectivity index (χ1) is 13.0. The van der Waals surface area contributed by atoms with E-state index in [1.165, 1.54) is 0 Å². The Balaban J connectivity index is 1.53. The van der Waals surface area contributed by atoms with Crippen molar-refractivity contribution in [2.45, 2.75) is 39.3 Å². The highest BCUT2D eigenvalue weighted by atomic mass is 35.5. The van der Waals surface area contributed by atoms with E-state index in [0.29, 0.717) is 10.7 Å². The molecular formula is C21H23ClN4O. The average Bonchev–Trinajstić information content (AvgIpc) is 3.23. The predicted molar refractivity (Wildman–Crippen MR) is 109 cm³/mol.